The molecule has 1 N–H and O–H groups in total. The Morgan fingerprint density at radius 3 is 2.15 bits per heavy atom. The number of amides is 1. The number of hydrogen-bond acceptors (Lipinski definition) is 4. The average molecular weight is 378 g/mol. The number of thiazole rings is 1. The van der Waals surface area contributed by atoms with E-state index in [9.17, 15) is 9.59 Å². The van der Waals surface area contributed by atoms with Gasteiger partial charge in [0, 0.05) is 18.1 Å². The molecular formula is C22H22N2O2S. The van der Waals surface area contributed by atoms with Crippen molar-refractivity contribution in [1.82, 2.24) is 4.98 Å². The van der Waals surface area contributed by atoms with E-state index in [-0.39, 0.29) is 17.1 Å². The molecule has 0 radical (unpaired) electrons. The molecule has 1 heterocycles. The molecule has 0 unspecified atom stereocenters. The minimum atomic E-state index is -0.237. The number of nitrogens with zero attached hydrogens (tertiary/aromatic N) is 1. The molecular weight excluding hydrogens is 356 g/mol. The van der Waals surface area contributed by atoms with Crippen molar-refractivity contribution < 1.29 is 9.59 Å². The van der Waals surface area contributed by atoms with Gasteiger partial charge in [-0.3, -0.25) is 14.9 Å². The number of anilines is 1. The van der Waals surface area contributed by atoms with Crippen LogP contribution in [-0.4, -0.2) is 16.7 Å². The first-order valence-electron chi connectivity index (χ1n) is 8.75. The summed E-state index contributed by atoms with van der Waals surface area (Å²) in [5, 5.41) is 3.24. The van der Waals surface area contributed by atoms with Crippen LogP contribution >= 0.6 is 11.3 Å². The molecule has 1 amide bonds. The van der Waals surface area contributed by atoms with E-state index in [0.717, 1.165) is 5.56 Å². The first-order valence-corrected chi connectivity index (χ1v) is 9.56. The maximum Gasteiger partial charge on any atom is 0.257 e. The number of Topliss-reactive ketones (excluding diaryl/α,β-unsaturated/α-hetero) is 1. The lowest BCUT2D eigenvalue weighted by Gasteiger charge is -2.18. The molecule has 1 aromatic heterocycles. The van der Waals surface area contributed by atoms with E-state index in [1.807, 2.05) is 54.6 Å². The fraction of sp³-hybridized carbons (Fsp3) is 0.227. The molecule has 0 saturated heterocycles. The molecule has 0 saturated carbocycles. The van der Waals surface area contributed by atoms with E-state index in [1.165, 1.54) is 23.8 Å². The van der Waals surface area contributed by atoms with Gasteiger partial charge in [-0.25, -0.2) is 4.98 Å². The lowest BCUT2D eigenvalue weighted by molar-refractivity contribution is 0.101. The maximum atomic E-state index is 12.6. The quantitative estimate of drug-likeness (QED) is 0.604. The van der Waals surface area contributed by atoms with Gasteiger partial charge in [0.25, 0.3) is 5.91 Å². The first kappa shape index (κ1) is 19.0. The van der Waals surface area contributed by atoms with Crippen LogP contribution in [0.3, 0.4) is 0 Å². The Hall–Kier alpha value is -2.79. The van der Waals surface area contributed by atoms with Crippen molar-refractivity contribution in [2.24, 2.45) is 0 Å². The van der Waals surface area contributed by atoms with Gasteiger partial charge in [-0.15, -0.1) is 0 Å². The first-order chi connectivity index (χ1) is 12.8. The molecule has 0 aliphatic carbocycles. The number of carbonyl (C=O) groups is 2. The minimum Gasteiger partial charge on any atom is -0.298 e. The van der Waals surface area contributed by atoms with Crippen molar-refractivity contribution in [2.45, 2.75) is 33.1 Å². The van der Waals surface area contributed by atoms with Crippen molar-refractivity contribution in [1.29, 1.82) is 0 Å². The second-order valence-corrected chi connectivity index (χ2v) is 8.40. The van der Waals surface area contributed by atoms with Gasteiger partial charge >= 0.3 is 0 Å². The topological polar surface area (TPSA) is 59.1 Å². The monoisotopic (exact) mass is 378 g/mol. The van der Waals surface area contributed by atoms with Crippen LogP contribution in [0, 0.1) is 0 Å². The summed E-state index contributed by atoms with van der Waals surface area (Å²) in [5.41, 5.74) is 3.22. The van der Waals surface area contributed by atoms with E-state index in [0.29, 0.717) is 21.3 Å². The number of benzene rings is 2. The number of ketones is 1. The number of rotatable bonds is 4. The molecule has 0 fully saturated rings. The molecule has 0 atom stereocenters. The van der Waals surface area contributed by atoms with Crippen LogP contribution in [0.5, 0.6) is 0 Å². The average Bonchev–Trinajstić information content (AvgIpc) is 3.06. The smallest absolute Gasteiger partial charge is 0.257 e. The van der Waals surface area contributed by atoms with E-state index in [4.69, 9.17) is 0 Å². The molecule has 0 spiro atoms. The summed E-state index contributed by atoms with van der Waals surface area (Å²) < 4.78 is 0. The molecule has 138 valence electrons. The Morgan fingerprint density at radius 1 is 0.963 bits per heavy atom. The summed E-state index contributed by atoms with van der Waals surface area (Å²) >= 11 is 1.20. The summed E-state index contributed by atoms with van der Waals surface area (Å²) in [5.74, 6) is -0.305. The highest BCUT2D eigenvalue weighted by atomic mass is 32.1. The highest BCUT2D eigenvalue weighted by molar-refractivity contribution is 7.18. The third-order valence-electron chi connectivity index (χ3n) is 4.23. The van der Waals surface area contributed by atoms with Crippen molar-refractivity contribution in [3.8, 4) is 11.3 Å². The van der Waals surface area contributed by atoms with Crippen LogP contribution in [0.25, 0.3) is 11.3 Å². The van der Waals surface area contributed by atoms with Gasteiger partial charge < -0.3 is 0 Å². The van der Waals surface area contributed by atoms with Gasteiger partial charge in [-0.1, -0.05) is 74.6 Å². The SMILES string of the molecule is CC(=O)c1sc(NC(=O)c2ccc(C(C)(C)C)cc2)nc1-c1ccccc1. The zero-order chi connectivity index (χ0) is 19.6. The third kappa shape index (κ3) is 4.31. The summed E-state index contributed by atoms with van der Waals surface area (Å²) in [6.07, 6.45) is 0. The standard InChI is InChI=1S/C22H22N2O2S/c1-14(25)19-18(15-8-6-5-7-9-15)23-21(27-19)24-20(26)16-10-12-17(13-11-16)22(2,3)4/h5-13H,1-4H3,(H,23,24,26). The third-order valence-corrected chi connectivity index (χ3v) is 5.30. The van der Waals surface area contributed by atoms with Gasteiger partial charge in [-0.2, -0.15) is 0 Å². The Balaban J connectivity index is 1.85. The van der Waals surface area contributed by atoms with E-state index >= 15 is 0 Å². The van der Waals surface area contributed by atoms with Crippen LogP contribution in [0.1, 0.15) is 53.3 Å². The number of carbonyl (C=O) groups excluding carboxylic acids is 2. The van der Waals surface area contributed by atoms with Crippen molar-refractivity contribution >= 4 is 28.2 Å². The summed E-state index contributed by atoms with van der Waals surface area (Å²) in [4.78, 5) is 29.6. The fourth-order valence-electron chi connectivity index (χ4n) is 2.69. The zero-order valence-corrected chi connectivity index (χ0v) is 16.7. The summed E-state index contributed by atoms with van der Waals surface area (Å²) in [7, 11) is 0. The Kier molecular flexibility index (Phi) is 5.24. The predicted molar refractivity (Wildman–Crippen MR) is 111 cm³/mol. The van der Waals surface area contributed by atoms with Crippen LogP contribution in [0.4, 0.5) is 5.13 Å². The Labute approximate surface area is 163 Å². The van der Waals surface area contributed by atoms with Gasteiger partial charge in [0.15, 0.2) is 10.9 Å². The Morgan fingerprint density at radius 2 is 1.59 bits per heavy atom. The molecule has 0 aliphatic rings. The highest BCUT2D eigenvalue weighted by Gasteiger charge is 2.19. The lowest BCUT2D eigenvalue weighted by atomic mass is 9.87. The normalized spacial score (nSPS) is 11.3. The van der Waals surface area contributed by atoms with Gasteiger partial charge in [-0.05, 0) is 23.1 Å². The van der Waals surface area contributed by atoms with Crippen molar-refractivity contribution in [3.63, 3.8) is 0 Å². The molecule has 3 rings (SSSR count). The fourth-order valence-corrected chi connectivity index (χ4v) is 3.57. The molecule has 0 bridgehead atoms. The number of hydrogen-bond donors (Lipinski definition) is 1. The lowest BCUT2D eigenvalue weighted by Crippen LogP contribution is -2.14. The number of aromatic nitrogens is 1. The molecule has 4 nitrogen and oxygen atoms in total. The van der Waals surface area contributed by atoms with Gasteiger partial charge in [0.2, 0.25) is 0 Å². The van der Waals surface area contributed by atoms with Crippen molar-refractivity contribution in [2.75, 3.05) is 5.32 Å². The van der Waals surface area contributed by atoms with Gasteiger partial charge in [0.1, 0.15) is 0 Å². The second-order valence-electron chi connectivity index (χ2n) is 7.40. The molecule has 27 heavy (non-hydrogen) atoms. The largest absolute Gasteiger partial charge is 0.298 e. The van der Waals surface area contributed by atoms with Crippen LogP contribution < -0.4 is 5.32 Å². The van der Waals surface area contributed by atoms with E-state index in [1.54, 1.807) is 0 Å². The maximum absolute atomic E-state index is 12.6. The van der Waals surface area contributed by atoms with E-state index < -0.39 is 0 Å². The molecule has 2 aromatic carbocycles. The minimum absolute atomic E-state index is 0.0330. The zero-order valence-electron chi connectivity index (χ0n) is 15.9. The number of nitrogens with one attached hydrogen (secondary N) is 1. The molecule has 0 aliphatic heterocycles. The van der Waals surface area contributed by atoms with E-state index in [2.05, 4.69) is 31.1 Å². The van der Waals surface area contributed by atoms with Crippen LogP contribution in [0.2, 0.25) is 0 Å². The predicted octanol–water partition coefficient (Wildman–Crippen LogP) is 5.56. The molecule has 3 aromatic rings. The Bertz CT molecular complexity index is 968. The van der Waals surface area contributed by atoms with Crippen molar-refractivity contribution in [3.05, 3.63) is 70.6 Å². The molecule has 5 heteroatoms. The van der Waals surface area contributed by atoms with Crippen LogP contribution in [0.15, 0.2) is 54.6 Å². The van der Waals surface area contributed by atoms with Crippen LogP contribution in [-0.2, 0) is 5.41 Å². The summed E-state index contributed by atoms with van der Waals surface area (Å²) in [6.45, 7) is 7.90. The van der Waals surface area contributed by atoms with Gasteiger partial charge in [0.05, 0.1) is 10.6 Å². The highest BCUT2D eigenvalue weighted by Crippen LogP contribution is 2.32. The second kappa shape index (κ2) is 7.45. The summed E-state index contributed by atoms with van der Waals surface area (Å²) in [6, 6.07) is 17.1.